The Kier molecular flexibility index (Phi) is 1.52. The first kappa shape index (κ1) is 4.40. The fourth-order valence-corrected chi connectivity index (χ4v) is 0.295. The van der Waals surface area contributed by atoms with E-state index in [1.165, 1.54) is 6.26 Å². The topological polar surface area (TPSA) is 18.5 Å². The Labute approximate surface area is 42.0 Å². The maximum Gasteiger partial charge on any atom is 0.129 e. The highest BCUT2D eigenvalue weighted by molar-refractivity contribution is 4.96. The van der Waals surface area contributed by atoms with Gasteiger partial charge in [-0.25, -0.2) is 0 Å². The molecule has 0 bridgehead atoms. The lowest BCUT2D eigenvalue weighted by Gasteiger charge is -1.89. The van der Waals surface area contributed by atoms with Crippen molar-refractivity contribution >= 4 is 0 Å². The Morgan fingerprint density at radius 3 is 3.57 bits per heavy atom. The Bertz CT molecular complexity index is 82.3. The minimum Gasteiger partial charge on any atom is -0.345 e. The SMILES string of the molecule is [C]1=CC=COOC1. The molecule has 0 atom stereocenters. The summed E-state index contributed by atoms with van der Waals surface area (Å²) in [7, 11) is 0. The minimum atomic E-state index is 0.410. The van der Waals surface area contributed by atoms with Gasteiger partial charge in [-0.1, -0.05) is 6.08 Å². The summed E-state index contributed by atoms with van der Waals surface area (Å²) in [5.74, 6) is 0. The van der Waals surface area contributed by atoms with E-state index in [0.717, 1.165) is 0 Å². The van der Waals surface area contributed by atoms with Gasteiger partial charge in [0.05, 0.1) is 0 Å². The first-order valence-electron chi connectivity index (χ1n) is 2.00. The molecule has 0 spiro atoms. The number of rotatable bonds is 0. The van der Waals surface area contributed by atoms with Gasteiger partial charge in [0, 0.05) is 0 Å². The Morgan fingerprint density at radius 1 is 1.57 bits per heavy atom. The third kappa shape index (κ3) is 1.41. The normalized spacial score (nSPS) is 18.3. The molecule has 0 aromatic rings. The van der Waals surface area contributed by atoms with Gasteiger partial charge in [0.15, 0.2) is 0 Å². The molecule has 0 aliphatic carbocycles. The van der Waals surface area contributed by atoms with Gasteiger partial charge in [-0.05, 0) is 12.2 Å². The van der Waals surface area contributed by atoms with Crippen molar-refractivity contribution < 1.29 is 9.78 Å². The molecular formula is C5H5O2. The Hall–Kier alpha value is -0.760. The lowest BCUT2D eigenvalue weighted by atomic mass is 10.5. The lowest BCUT2D eigenvalue weighted by Crippen LogP contribution is -1.83. The van der Waals surface area contributed by atoms with Crippen molar-refractivity contribution in [3.05, 3.63) is 24.5 Å². The first-order valence-corrected chi connectivity index (χ1v) is 2.00. The van der Waals surface area contributed by atoms with Gasteiger partial charge in [-0.2, -0.15) is 4.89 Å². The molecule has 0 saturated heterocycles. The molecule has 0 aromatic carbocycles. The van der Waals surface area contributed by atoms with Crippen LogP contribution in [0.2, 0.25) is 0 Å². The molecule has 0 fully saturated rings. The molecule has 1 radical (unpaired) electrons. The van der Waals surface area contributed by atoms with Crippen molar-refractivity contribution in [2.75, 3.05) is 6.61 Å². The van der Waals surface area contributed by atoms with E-state index in [1.807, 2.05) is 0 Å². The zero-order valence-corrected chi connectivity index (χ0v) is 3.76. The van der Waals surface area contributed by atoms with Crippen molar-refractivity contribution in [1.29, 1.82) is 0 Å². The fourth-order valence-electron chi connectivity index (χ4n) is 0.295. The molecule has 1 rings (SSSR count). The molecule has 37 valence electrons. The molecule has 7 heavy (non-hydrogen) atoms. The third-order valence-electron chi connectivity index (χ3n) is 0.558. The van der Waals surface area contributed by atoms with Crippen LogP contribution in [0.3, 0.4) is 0 Å². The van der Waals surface area contributed by atoms with Crippen LogP contribution in [-0.2, 0) is 9.78 Å². The summed E-state index contributed by atoms with van der Waals surface area (Å²) in [6.45, 7) is 0.410. The highest BCUT2D eigenvalue weighted by Crippen LogP contribution is 1.87. The van der Waals surface area contributed by atoms with E-state index < -0.39 is 0 Å². The highest BCUT2D eigenvalue weighted by Gasteiger charge is 1.80. The zero-order valence-electron chi connectivity index (χ0n) is 3.76. The molecule has 1 heterocycles. The van der Waals surface area contributed by atoms with E-state index in [4.69, 9.17) is 0 Å². The van der Waals surface area contributed by atoms with E-state index in [2.05, 4.69) is 15.9 Å². The fraction of sp³-hybridized carbons (Fsp3) is 0.200. The number of hydrogen-bond acceptors (Lipinski definition) is 2. The third-order valence-corrected chi connectivity index (χ3v) is 0.558. The predicted octanol–water partition coefficient (Wildman–Crippen LogP) is 0.821. The zero-order chi connectivity index (χ0) is 4.95. The molecule has 2 heteroatoms. The average Bonchev–Trinajstić information content (AvgIpc) is 1.90. The van der Waals surface area contributed by atoms with Gasteiger partial charge in [0.25, 0.3) is 0 Å². The van der Waals surface area contributed by atoms with Crippen molar-refractivity contribution in [2.24, 2.45) is 0 Å². The van der Waals surface area contributed by atoms with E-state index in [9.17, 15) is 0 Å². The molecule has 2 nitrogen and oxygen atoms in total. The second-order valence-electron chi connectivity index (χ2n) is 1.06. The average molecular weight is 97.1 g/mol. The second kappa shape index (κ2) is 2.42. The standard InChI is InChI=1S/C5H5O2/c1-2-4-6-7-5-3-1/h1-2,4H,5H2. The first-order chi connectivity index (χ1) is 3.50. The van der Waals surface area contributed by atoms with Crippen molar-refractivity contribution in [2.45, 2.75) is 0 Å². The van der Waals surface area contributed by atoms with E-state index >= 15 is 0 Å². The van der Waals surface area contributed by atoms with Crippen LogP contribution < -0.4 is 0 Å². The summed E-state index contributed by atoms with van der Waals surface area (Å²) in [4.78, 5) is 8.89. The molecule has 1 aliphatic heterocycles. The van der Waals surface area contributed by atoms with Gasteiger partial charge in [-0.3, -0.25) is 0 Å². The lowest BCUT2D eigenvalue weighted by molar-refractivity contribution is -0.239. The summed E-state index contributed by atoms with van der Waals surface area (Å²) < 4.78 is 0. The summed E-state index contributed by atoms with van der Waals surface area (Å²) in [6.07, 6.45) is 7.70. The molecule has 0 saturated carbocycles. The molecule has 0 unspecified atom stereocenters. The molecular weight excluding hydrogens is 92.1 g/mol. The number of hydrogen-bond donors (Lipinski definition) is 0. The molecule has 1 aliphatic rings. The summed E-state index contributed by atoms with van der Waals surface area (Å²) in [5, 5.41) is 0. The van der Waals surface area contributed by atoms with Crippen molar-refractivity contribution in [3.63, 3.8) is 0 Å². The van der Waals surface area contributed by atoms with Crippen LogP contribution in [0.4, 0.5) is 0 Å². The minimum absolute atomic E-state index is 0.410. The van der Waals surface area contributed by atoms with Gasteiger partial charge >= 0.3 is 0 Å². The van der Waals surface area contributed by atoms with Crippen LogP contribution in [0.5, 0.6) is 0 Å². The van der Waals surface area contributed by atoms with Gasteiger partial charge in [0.2, 0.25) is 0 Å². The van der Waals surface area contributed by atoms with Gasteiger partial charge in [0.1, 0.15) is 12.9 Å². The molecule has 0 aromatic heterocycles. The summed E-state index contributed by atoms with van der Waals surface area (Å²) >= 11 is 0. The second-order valence-corrected chi connectivity index (χ2v) is 1.06. The largest absolute Gasteiger partial charge is 0.345 e. The predicted molar refractivity (Wildman–Crippen MR) is 24.0 cm³/mol. The van der Waals surface area contributed by atoms with E-state index in [1.54, 1.807) is 12.2 Å². The van der Waals surface area contributed by atoms with Crippen molar-refractivity contribution in [1.82, 2.24) is 0 Å². The van der Waals surface area contributed by atoms with Crippen LogP contribution in [0.25, 0.3) is 0 Å². The summed E-state index contributed by atoms with van der Waals surface area (Å²) in [5.41, 5.74) is 0. The molecule has 0 amide bonds. The maximum atomic E-state index is 4.47. The van der Waals surface area contributed by atoms with Crippen LogP contribution in [-0.4, -0.2) is 6.61 Å². The van der Waals surface area contributed by atoms with Crippen LogP contribution in [0.15, 0.2) is 18.4 Å². The van der Waals surface area contributed by atoms with Crippen LogP contribution in [0.1, 0.15) is 0 Å². The summed E-state index contributed by atoms with van der Waals surface area (Å²) in [6, 6.07) is 0. The monoisotopic (exact) mass is 97.0 g/mol. The molecule has 0 N–H and O–H groups in total. The quantitative estimate of drug-likeness (QED) is 0.416. The number of allylic oxidation sites excluding steroid dienone is 2. The van der Waals surface area contributed by atoms with Crippen LogP contribution in [0, 0.1) is 6.08 Å². The van der Waals surface area contributed by atoms with E-state index in [-0.39, 0.29) is 0 Å². The highest BCUT2D eigenvalue weighted by atomic mass is 17.2. The van der Waals surface area contributed by atoms with Crippen molar-refractivity contribution in [3.8, 4) is 0 Å². The Balaban J connectivity index is 2.39. The van der Waals surface area contributed by atoms with Gasteiger partial charge in [-0.15, -0.1) is 0 Å². The maximum absolute atomic E-state index is 4.47. The Morgan fingerprint density at radius 2 is 2.57 bits per heavy atom. The smallest absolute Gasteiger partial charge is 0.129 e. The van der Waals surface area contributed by atoms with E-state index in [0.29, 0.717) is 6.61 Å². The van der Waals surface area contributed by atoms with Gasteiger partial charge < -0.3 is 4.89 Å². The van der Waals surface area contributed by atoms with Crippen LogP contribution >= 0.6 is 0 Å².